The van der Waals surface area contributed by atoms with Gasteiger partial charge in [-0.2, -0.15) is 0 Å². The summed E-state index contributed by atoms with van der Waals surface area (Å²) in [4.78, 5) is 51.2. The van der Waals surface area contributed by atoms with Crippen LogP contribution in [0.2, 0.25) is 0 Å². The van der Waals surface area contributed by atoms with Gasteiger partial charge < -0.3 is 20.1 Å². The smallest absolute Gasteiger partial charge is 0.357 e. The molecule has 9 nitrogen and oxygen atoms in total. The van der Waals surface area contributed by atoms with E-state index < -0.39 is 36.0 Å². The van der Waals surface area contributed by atoms with Crippen LogP contribution in [-0.2, 0) is 19.1 Å². The van der Waals surface area contributed by atoms with E-state index in [4.69, 9.17) is 9.47 Å². The molecular formula is C17H23N3O6. The normalized spacial score (nSPS) is 12.5. The molecule has 2 atom stereocenters. The van der Waals surface area contributed by atoms with Crippen molar-refractivity contribution in [3.63, 3.8) is 0 Å². The fraction of sp³-hybridized carbons (Fsp3) is 0.471. The Kier molecular flexibility index (Phi) is 8.20. The molecule has 0 bridgehead atoms. The lowest BCUT2D eigenvalue weighted by Gasteiger charge is -2.13. The number of likely N-dealkylation sites (N-methyl/N-ethyl adjacent to an activating group) is 2. The summed E-state index contributed by atoms with van der Waals surface area (Å²) in [7, 11) is 0. The molecule has 2 amide bonds. The van der Waals surface area contributed by atoms with E-state index in [1.54, 1.807) is 13.8 Å². The van der Waals surface area contributed by atoms with Crippen LogP contribution in [0, 0.1) is 0 Å². The molecule has 0 aromatic carbocycles. The Hall–Kier alpha value is -2.97. The van der Waals surface area contributed by atoms with Crippen LogP contribution in [0.5, 0.6) is 0 Å². The van der Waals surface area contributed by atoms with Gasteiger partial charge in [-0.05, 0) is 39.8 Å². The van der Waals surface area contributed by atoms with Gasteiger partial charge in [0, 0.05) is 13.1 Å². The van der Waals surface area contributed by atoms with Gasteiger partial charge in [0.2, 0.25) is 0 Å². The van der Waals surface area contributed by atoms with Crippen molar-refractivity contribution in [2.45, 2.75) is 39.9 Å². The summed E-state index contributed by atoms with van der Waals surface area (Å²) < 4.78 is 10.0. The maximum Gasteiger partial charge on any atom is 0.357 e. The minimum Gasteiger partial charge on any atom is -0.448 e. The highest BCUT2D eigenvalue weighted by atomic mass is 16.6. The summed E-state index contributed by atoms with van der Waals surface area (Å²) in [6.07, 6.45) is -2.00. The van der Waals surface area contributed by atoms with Crippen LogP contribution < -0.4 is 10.6 Å². The lowest BCUT2D eigenvalue weighted by Crippen LogP contribution is -2.36. The molecule has 0 fully saturated rings. The third-order valence-corrected chi connectivity index (χ3v) is 3.18. The van der Waals surface area contributed by atoms with Crippen molar-refractivity contribution >= 4 is 23.8 Å². The Labute approximate surface area is 151 Å². The van der Waals surface area contributed by atoms with E-state index >= 15 is 0 Å². The lowest BCUT2D eigenvalue weighted by atomic mass is 10.3. The van der Waals surface area contributed by atoms with Gasteiger partial charge in [0.05, 0.1) is 0 Å². The zero-order chi connectivity index (χ0) is 19.7. The van der Waals surface area contributed by atoms with E-state index in [-0.39, 0.29) is 11.4 Å². The number of nitrogens with one attached hydrogen (secondary N) is 2. The third kappa shape index (κ3) is 6.15. The molecule has 26 heavy (non-hydrogen) atoms. The predicted octanol–water partition coefficient (Wildman–Crippen LogP) is 0.444. The average molecular weight is 365 g/mol. The van der Waals surface area contributed by atoms with E-state index in [9.17, 15) is 19.2 Å². The zero-order valence-corrected chi connectivity index (χ0v) is 15.2. The van der Waals surface area contributed by atoms with Gasteiger partial charge >= 0.3 is 11.9 Å². The Morgan fingerprint density at radius 1 is 0.885 bits per heavy atom. The number of nitrogens with zero attached hydrogens (tertiary/aromatic N) is 1. The molecule has 2 N–H and O–H groups in total. The summed E-state index contributed by atoms with van der Waals surface area (Å²) in [6, 6.07) is 4.11. The summed E-state index contributed by atoms with van der Waals surface area (Å²) in [5, 5.41) is 5.05. The summed E-state index contributed by atoms with van der Waals surface area (Å²) in [6.45, 7) is 7.15. The molecule has 0 aliphatic carbocycles. The fourth-order valence-corrected chi connectivity index (χ4v) is 1.85. The van der Waals surface area contributed by atoms with E-state index in [1.165, 1.54) is 32.0 Å². The van der Waals surface area contributed by atoms with Crippen LogP contribution in [0.1, 0.15) is 48.7 Å². The van der Waals surface area contributed by atoms with Crippen LogP contribution in [-0.4, -0.2) is 54.0 Å². The van der Waals surface area contributed by atoms with Crippen molar-refractivity contribution in [2.75, 3.05) is 13.1 Å². The molecule has 0 aliphatic heterocycles. The first kappa shape index (κ1) is 21.1. The second kappa shape index (κ2) is 10.1. The molecule has 0 aliphatic rings. The maximum atomic E-state index is 12.1. The second-order valence-electron chi connectivity index (χ2n) is 5.29. The zero-order valence-electron chi connectivity index (χ0n) is 15.2. The molecule has 0 saturated carbocycles. The van der Waals surface area contributed by atoms with E-state index in [1.807, 2.05) is 0 Å². The molecule has 142 valence electrons. The van der Waals surface area contributed by atoms with E-state index in [2.05, 4.69) is 15.6 Å². The van der Waals surface area contributed by atoms with Crippen molar-refractivity contribution in [1.29, 1.82) is 0 Å². The summed E-state index contributed by atoms with van der Waals surface area (Å²) in [5.41, 5.74) is -0.303. The number of hydrogen-bond donors (Lipinski definition) is 2. The SMILES string of the molecule is CCNC(=O)[C@H](C)OC(=O)c1cccc(C(=O)O[C@H](C)C(=O)NCC)n1. The number of carbonyl (C=O) groups is 4. The van der Waals surface area contributed by atoms with Crippen molar-refractivity contribution in [3.05, 3.63) is 29.6 Å². The molecule has 0 saturated heterocycles. The van der Waals surface area contributed by atoms with E-state index in [0.717, 1.165) is 0 Å². The molecule has 1 rings (SSSR count). The van der Waals surface area contributed by atoms with Crippen molar-refractivity contribution < 1.29 is 28.7 Å². The molecule has 0 unspecified atom stereocenters. The monoisotopic (exact) mass is 365 g/mol. The molecule has 9 heteroatoms. The number of amides is 2. The minimum atomic E-state index is -1.00. The average Bonchev–Trinajstić information content (AvgIpc) is 2.61. The van der Waals surface area contributed by atoms with Gasteiger partial charge in [0.25, 0.3) is 11.8 Å². The Morgan fingerprint density at radius 2 is 1.27 bits per heavy atom. The van der Waals surface area contributed by atoms with E-state index in [0.29, 0.717) is 13.1 Å². The van der Waals surface area contributed by atoms with Crippen LogP contribution in [0.25, 0.3) is 0 Å². The first-order valence-electron chi connectivity index (χ1n) is 8.24. The Bertz CT molecular complexity index is 623. The van der Waals surface area contributed by atoms with Crippen LogP contribution >= 0.6 is 0 Å². The molecule has 0 radical (unpaired) electrons. The highest BCUT2D eigenvalue weighted by molar-refractivity contribution is 5.94. The number of carbonyl (C=O) groups excluding carboxylic acids is 4. The standard InChI is InChI=1S/C17H23N3O6/c1-5-18-14(21)10(3)25-16(23)12-8-7-9-13(20-12)17(24)26-11(4)15(22)19-6-2/h7-11H,5-6H2,1-4H3,(H,18,21)(H,19,22)/t10-,11+. The van der Waals surface area contributed by atoms with Crippen molar-refractivity contribution in [3.8, 4) is 0 Å². The van der Waals surface area contributed by atoms with Gasteiger partial charge in [0.15, 0.2) is 12.2 Å². The van der Waals surface area contributed by atoms with Gasteiger partial charge in [-0.15, -0.1) is 0 Å². The topological polar surface area (TPSA) is 124 Å². The largest absolute Gasteiger partial charge is 0.448 e. The molecule has 1 aromatic heterocycles. The van der Waals surface area contributed by atoms with Gasteiger partial charge in [0.1, 0.15) is 11.4 Å². The van der Waals surface area contributed by atoms with Gasteiger partial charge in [-0.25, -0.2) is 14.6 Å². The number of ether oxygens (including phenoxy) is 2. The van der Waals surface area contributed by atoms with Gasteiger partial charge in [-0.3, -0.25) is 9.59 Å². The second-order valence-corrected chi connectivity index (χ2v) is 5.29. The highest BCUT2D eigenvalue weighted by Gasteiger charge is 2.22. The molecule has 1 aromatic rings. The molecule has 0 spiro atoms. The van der Waals surface area contributed by atoms with Crippen LogP contribution in [0.3, 0.4) is 0 Å². The fourth-order valence-electron chi connectivity index (χ4n) is 1.85. The lowest BCUT2D eigenvalue weighted by molar-refractivity contribution is -0.129. The van der Waals surface area contributed by atoms with Gasteiger partial charge in [-0.1, -0.05) is 6.07 Å². The predicted molar refractivity (Wildman–Crippen MR) is 91.4 cm³/mol. The number of pyridine rings is 1. The first-order chi connectivity index (χ1) is 12.3. The first-order valence-corrected chi connectivity index (χ1v) is 8.24. The van der Waals surface area contributed by atoms with Crippen LogP contribution in [0.4, 0.5) is 0 Å². The molecular weight excluding hydrogens is 342 g/mol. The number of aromatic nitrogens is 1. The number of esters is 2. The third-order valence-electron chi connectivity index (χ3n) is 3.18. The van der Waals surface area contributed by atoms with Crippen molar-refractivity contribution in [1.82, 2.24) is 15.6 Å². The van der Waals surface area contributed by atoms with Crippen molar-refractivity contribution in [2.24, 2.45) is 0 Å². The number of rotatable bonds is 8. The van der Waals surface area contributed by atoms with Crippen LogP contribution in [0.15, 0.2) is 18.2 Å². The minimum absolute atomic E-state index is 0.152. The highest BCUT2D eigenvalue weighted by Crippen LogP contribution is 2.07. The number of hydrogen-bond acceptors (Lipinski definition) is 7. The summed E-state index contributed by atoms with van der Waals surface area (Å²) >= 11 is 0. The molecule has 1 heterocycles. The maximum absolute atomic E-state index is 12.1. The quantitative estimate of drug-likeness (QED) is 0.641. The Balaban J connectivity index is 2.77. The Morgan fingerprint density at radius 3 is 1.62 bits per heavy atom. The summed E-state index contributed by atoms with van der Waals surface area (Å²) in [5.74, 6) is -2.58.